The Bertz CT molecular complexity index is 1010. The lowest BCUT2D eigenvalue weighted by atomic mass is 10.1. The van der Waals surface area contributed by atoms with E-state index in [9.17, 15) is 4.79 Å². The minimum atomic E-state index is -0.0805. The van der Waals surface area contributed by atoms with Crippen LogP contribution in [0.5, 0.6) is 0 Å². The first-order valence-corrected chi connectivity index (χ1v) is 8.92. The van der Waals surface area contributed by atoms with Crippen LogP contribution in [0.1, 0.15) is 28.2 Å². The van der Waals surface area contributed by atoms with Crippen LogP contribution in [0.2, 0.25) is 0 Å². The molecule has 1 atom stereocenters. The van der Waals surface area contributed by atoms with Gasteiger partial charge in [0.15, 0.2) is 0 Å². The monoisotopic (exact) mass is 347 g/mol. The first-order valence-electron chi connectivity index (χ1n) is 8.10. The molecule has 0 fully saturated rings. The van der Waals surface area contributed by atoms with Gasteiger partial charge in [0, 0.05) is 24.0 Å². The molecule has 3 heterocycles. The van der Waals surface area contributed by atoms with Crippen LogP contribution in [0, 0.1) is 0 Å². The molecule has 0 unspecified atom stereocenters. The van der Waals surface area contributed by atoms with Crippen molar-refractivity contribution < 1.29 is 4.79 Å². The van der Waals surface area contributed by atoms with E-state index in [0.29, 0.717) is 4.88 Å². The maximum atomic E-state index is 13.0. The number of nitrogens with one attached hydrogen (secondary N) is 1. The SMILES string of the molecule is C[C@@H](NC(=O)c1sc2ncccc2c1-n1cccc1)c1ccccc1. The lowest BCUT2D eigenvalue weighted by Crippen LogP contribution is -2.26. The van der Waals surface area contributed by atoms with E-state index in [1.165, 1.54) is 11.3 Å². The molecule has 0 spiro atoms. The van der Waals surface area contributed by atoms with Gasteiger partial charge in [-0.3, -0.25) is 4.79 Å². The summed E-state index contributed by atoms with van der Waals surface area (Å²) in [6.45, 7) is 1.99. The first kappa shape index (κ1) is 15.6. The van der Waals surface area contributed by atoms with Crippen LogP contribution >= 0.6 is 11.3 Å². The van der Waals surface area contributed by atoms with Crippen molar-refractivity contribution in [2.24, 2.45) is 0 Å². The Morgan fingerprint density at radius 2 is 1.84 bits per heavy atom. The highest BCUT2D eigenvalue weighted by atomic mass is 32.1. The molecule has 3 aromatic heterocycles. The van der Waals surface area contributed by atoms with Crippen molar-refractivity contribution in [3.8, 4) is 5.69 Å². The summed E-state index contributed by atoms with van der Waals surface area (Å²) >= 11 is 1.42. The maximum absolute atomic E-state index is 13.0. The van der Waals surface area contributed by atoms with Crippen molar-refractivity contribution in [3.05, 3.63) is 83.6 Å². The summed E-state index contributed by atoms with van der Waals surface area (Å²) in [5.74, 6) is -0.0805. The first-order chi connectivity index (χ1) is 12.2. The minimum Gasteiger partial charge on any atom is -0.345 e. The number of hydrogen-bond acceptors (Lipinski definition) is 3. The molecule has 25 heavy (non-hydrogen) atoms. The van der Waals surface area contributed by atoms with E-state index < -0.39 is 0 Å². The molecule has 4 rings (SSSR count). The van der Waals surface area contributed by atoms with Crippen LogP contribution in [-0.4, -0.2) is 15.5 Å². The zero-order valence-corrected chi connectivity index (χ0v) is 14.5. The fourth-order valence-corrected chi connectivity index (χ4v) is 3.95. The van der Waals surface area contributed by atoms with E-state index in [4.69, 9.17) is 0 Å². The molecule has 0 radical (unpaired) electrons. The normalized spacial score (nSPS) is 12.2. The van der Waals surface area contributed by atoms with Crippen LogP contribution in [0.3, 0.4) is 0 Å². The Morgan fingerprint density at radius 3 is 2.60 bits per heavy atom. The van der Waals surface area contributed by atoms with Gasteiger partial charge in [-0.1, -0.05) is 30.3 Å². The van der Waals surface area contributed by atoms with Crippen molar-refractivity contribution in [1.82, 2.24) is 14.9 Å². The number of thiophene rings is 1. The van der Waals surface area contributed by atoms with Crippen LogP contribution in [-0.2, 0) is 0 Å². The van der Waals surface area contributed by atoms with Gasteiger partial charge < -0.3 is 9.88 Å². The zero-order valence-electron chi connectivity index (χ0n) is 13.7. The summed E-state index contributed by atoms with van der Waals surface area (Å²) in [5.41, 5.74) is 1.97. The molecule has 4 aromatic rings. The van der Waals surface area contributed by atoms with Crippen molar-refractivity contribution >= 4 is 27.5 Å². The number of rotatable bonds is 4. The second kappa shape index (κ2) is 6.53. The summed E-state index contributed by atoms with van der Waals surface area (Å²) in [7, 11) is 0. The van der Waals surface area contributed by atoms with Crippen molar-refractivity contribution in [2.45, 2.75) is 13.0 Å². The van der Waals surface area contributed by atoms with Crippen molar-refractivity contribution in [3.63, 3.8) is 0 Å². The van der Waals surface area contributed by atoms with E-state index in [0.717, 1.165) is 21.5 Å². The molecule has 1 aromatic carbocycles. The average Bonchev–Trinajstić information content (AvgIpc) is 3.29. The van der Waals surface area contributed by atoms with Gasteiger partial charge in [-0.2, -0.15) is 0 Å². The van der Waals surface area contributed by atoms with E-state index in [-0.39, 0.29) is 11.9 Å². The molecule has 5 heteroatoms. The van der Waals surface area contributed by atoms with Gasteiger partial charge in [0.1, 0.15) is 9.71 Å². The fourth-order valence-electron chi connectivity index (χ4n) is 2.90. The third kappa shape index (κ3) is 2.94. The predicted octanol–water partition coefficient (Wildman–Crippen LogP) is 4.58. The highest BCUT2D eigenvalue weighted by Crippen LogP contribution is 2.33. The van der Waals surface area contributed by atoms with Crippen molar-refractivity contribution in [2.75, 3.05) is 0 Å². The molecular weight excluding hydrogens is 330 g/mol. The second-order valence-corrected chi connectivity index (χ2v) is 6.83. The number of nitrogens with zero attached hydrogens (tertiary/aromatic N) is 2. The van der Waals surface area contributed by atoms with Crippen LogP contribution in [0.4, 0.5) is 0 Å². The smallest absolute Gasteiger partial charge is 0.264 e. The number of pyridine rings is 1. The Labute approximate surface area is 149 Å². The van der Waals surface area contributed by atoms with Gasteiger partial charge in [0.2, 0.25) is 0 Å². The molecule has 124 valence electrons. The lowest BCUT2D eigenvalue weighted by Gasteiger charge is -2.14. The number of amides is 1. The van der Waals surface area contributed by atoms with Crippen LogP contribution < -0.4 is 5.32 Å². The third-order valence-corrected chi connectivity index (χ3v) is 5.26. The molecule has 0 saturated carbocycles. The highest BCUT2D eigenvalue weighted by molar-refractivity contribution is 7.21. The topological polar surface area (TPSA) is 46.9 Å². The molecule has 4 nitrogen and oxygen atoms in total. The predicted molar refractivity (Wildman–Crippen MR) is 101 cm³/mol. The van der Waals surface area contributed by atoms with Gasteiger partial charge in [-0.05, 0) is 36.8 Å². The molecule has 1 amide bonds. The average molecular weight is 347 g/mol. The largest absolute Gasteiger partial charge is 0.345 e. The second-order valence-electron chi connectivity index (χ2n) is 5.83. The highest BCUT2D eigenvalue weighted by Gasteiger charge is 2.21. The fraction of sp³-hybridized carbons (Fsp3) is 0.100. The van der Waals surface area contributed by atoms with E-state index in [1.807, 2.05) is 78.5 Å². The molecular formula is C20H17N3OS. The standard InChI is InChI=1S/C20H17N3OS/c1-14(15-8-3-2-4-9-15)22-19(24)18-17(23-12-5-6-13-23)16-10-7-11-21-20(16)25-18/h2-14H,1H3,(H,22,24)/t14-/m1/s1. The van der Waals surface area contributed by atoms with Crippen LogP contribution in [0.25, 0.3) is 15.9 Å². The molecule has 0 aliphatic carbocycles. The summed E-state index contributed by atoms with van der Waals surface area (Å²) < 4.78 is 1.97. The van der Waals surface area contributed by atoms with Gasteiger partial charge in [0.05, 0.1) is 11.7 Å². The number of fused-ring (bicyclic) bond motifs is 1. The number of hydrogen-bond donors (Lipinski definition) is 1. The Hall–Kier alpha value is -2.92. The molecule has 1 N–H and O–H groups in total. The summed E-state index contributed by atoms with van der Waals surface area (Å²) in [6, 6.07) is 17.7. The van der Waals surface area contributed by atoms with Crippen molar-refractivity contribution in [1.29, 1.82) is 0 Å². The number of carbonyl (C=O) groups is 1. The lowest BCUT2D eigenvalue weighted by molar-refractivity contribution is 0.0944. The van der Waals surface area contributed by atoms with E-state index in [2.05, 4.69) is 10.3 Å². The minimum absolute atomic E-state index is 0.0654. The number of aromatic nitrogens is 2. The zero-order chi connectivity index (χ0) is 17.2. The summed E-state index contributed by atoms with van der Waals surface area (Å²) in [4.78, 5) is 18.9. The molecule has 0 saturated heterocycles. The van der Waals surface area contributed by atoms with Gasteiger partial charge in [-0.15, -0.1) is 11.3 Å². The van der Waals surface area contributed by atoms with Gasteiger partial charge in [0.25, 0.3) is 5.91 Å². The van der Waals surface area contributed by atoms with E-state index >= 15 is 0 Å². The molecule has 0 bridgehead atoms. The Kier molecular flexibility index (Phi) is 4.07. The van der Waals surface area contributed by atoms with E-state index in [1.54, 1.807) is 6.20 Å². The number of benzene rings is 1. The molecule has 0 aliphatic rings. The van der Waals surface area contributed by atoms with Gasteiger partial charge in [-0.25, -0.2) is 4.98 Å². The Morgan fingerprint density at radius 1 is 1.08 bits per heavy atom. The number of carbonyl (C=O) groups excluding carboxylic acids is 1. The maximum Gasteiger partial charge on any atom is 0.264 e. The summed E-state index contributed by atoms with van der Waals surface area (Å²) in [6.07, 6.45) is 5.66. The van der Waals surface area contributed by atoms with Gasteiger partial charge >= 0.3 is 0 Å². The quantitative estimate of drug-likeness (QED) is 0.587. The Balaban J connectivity index is 1.73. The molecule has 0 aliphatic heterocycles. The van der Waals surface area contributed by atoms with Crippen LogP contribution in [0.15, 0.2) is 73.2 Å². The third-order valence-electron chi connectivity index (χ3n) is 4.16. The summed E-state index contributed by atoms with van der Waals surface area (Å²) in [5, 5.41) is 4.09.